The second-order valence-electron chi connectivity index (χ2n) is 6.60. The van der Waals surface area contributed by atoms with E-state index in [0.29, 0.717) is 28.0 Å². The molecule has 1 aromatic heterocycles. The Labute approximate surface area is 159 Å². The number of hydrogen-bond acceptors (Lipinski definition) is 6. The molecule has 0 radical (unpaired) electrons. The van der Waals surface area contributed by atoms with Crippen LogP contribution in [0.25, 0.3) is 10.8 Å². The number of amides is 1. The van der Waals surface area contributed by atoms with Gasteiger partial charge in [0.15, 0.2) is 0 Å². The summed E-state index contributed by atoms with van der Waals surface area (Å²) >= 11 is 0. The molecular weight excluding hydrogens is 360 g/mol. The van der Waals surface area contributed by atoms with Gasteiger partial charge in [0, 0.05) is 36.2 Å². The fraction of sp³-hybridized carbons (Fsp3) is 0.100. The molecule has 0 unspecified atom stereocenters. The molecule has 1 aliphatic rings. The maximum absolute atomic E-state index is 12.1. The van der Waals surface area contributed by atoms with Crippen molar-refractivity contribution in [2.75, 3.05) is 29.6 Å². The van der Waals surface area contributed by atoms with Crippen molar-refractivity contribution in [3.05, 3.63) is 53.7 Å². The van der Waals surface area contributed by atoms with Gasteiger partial charge in [0.1, 0.15) is 11.5 Å². The van der Waals surface area contributed by atoms with Crippen LogP contribution in [0.15, 0.2) is 42.5 Å². The van der Waals surface area contributed by atoms with Crippen molar-refractivity contribution >= 4 is 51.3 Å². The number of carbonyl (C=O) groups is 3. The molecule has 0 atom stereocenters. The number of ketones is 1. The Bertz CT molecular complexity index is 1150. The molecular formula is C20H16N4O4. The average molecular weight is 376 g/mol. The zero-order chi connectivity index (χ0) is 20.0. The number of rotatable bonds is 4. The minimum absolute atomic E-state index is 0.0213. The number of pyridine rings is 1. The minimum Gasteiger partial charge on any atom is -0.478 e. The second kappa shape index (κ2) is 6.34. The third kappa shape index (κ3) is 2.81. The van der Waals surface area contributed by atoms with E-state index in [9.17, 15) is 19.5 Å². The maximum Gasteiger partial charge on any atom is 0.335 e. The molecule has 0 bridgehead atoms. The van der Waals surface area contributed by atoms with Gasteiger partial charge in [-0.3, -0.25) is 9.59 Å². The number of hydrogen-bond donors (Lipinski definition) is 3. The van der Waals surface area contributed by atoms with E-state index in [1.54, 1.807) is 6.07 Å². The molecule has 0 saturated heterocycles. The number of carboxylic acid groups (broad SMARTS) is 1. The van der Waals surface area contributed by atoms with Crippen molar-refractivity contribution in [3.8, 4) is 0 Å². The first-order chi connectivity index (χ1) is 13.3. The molecule has 8 nitrogen and oxygen atoms in total. The van der Waals surface area contributed by atoms with E-state index in [1.165, 1.54) is 12.1 Å². The molecule has 1 amide bonds. The zero-order valence-electron chi connectivity index (χ0n) is 15.1. The predicted molar refractivity (Wildman–Crippen MR) is 106 cm³/mol. The lowest BCUT2D eigenvalue weighted by atomic mass is 10.0. The van der Waals surface area contributed by atoms with Crippen LogP contribution < -0.4 is 15.5 Å². The summed E-state index contributed by atoms with van der Waals surface area (Å²) in [6.45, 7) is 0. The molecule has 4 rings (SSSR count). The first kappa shape index (κ1) is 17.5. The van der Waals surface area contributed by atoms with Gasteiger partial charge in [-0.05, 0) is 36.4 Å². The van der Waals surface area contributed by atoms with Gasteiger partial charge in [0.05, 0.1) is 11.3 Å². The Balaban J connectivity index is 1.87. The molecule has 3 N–H and O–H groups in total. The molecule has 0 saturated carbocycles. The number of carbonyl (C=O) groups excluding carboxylic acids is 2. The van der Waals surface area contributed by atoms with Crippen LogP contribution in [0.2, 0.25) is 0 Å². The van der Waals surface area contributed by atoms with Gasteiger partial charge in [0.25, 0.3) is 11.7 Å². The van der Waals surface area contributed by atoms with E-state index >= 15 is 0 Å². The Morgan fingerprint density at radius 3 is 2.43 bits per heavy atom. The monoisotopic (exact) mass is 376 g/mol. The van der Waals surface area contributed by atoms with Crippen molar-refractivity contribution in [1.29, 1.82) is 0 Å². The fourth-order valence-corrected chi connectivity index (χ4v) is 3.09. The number of aromatic nitrogens is 1. The molecule has 2 aromatic carbocycles. The van der Waals surface area contributed by atoms with Crippen molar-refractivity contribution < 1.29 is 19.5 Å². The van der Waals surface area contributed by atoms with Crippen LogP contribution in [-0.4, -0.2) is 41.8 Å². The van der Waals surface area contributed by atoms with E-state index in [4.69, 9.17) is 0 Å². The highest BCUT2D eigenvalue weighted by Crippen LogP contribution is 2.36. The summed E-state index contributed by atoms with van der Waals surface area (Å²) in [4.78, 5) is 41.6. The standard InChI is InChI=1S/C20H16N4O4/c1-24(2)12-6-4-11(5-7-12)21-18-14-9-10(20(27)28)3-8-13(14)15-16(22-18)17(25)19(26)23-15/h3-9H,1-2H3,(H,21,22)(H,27,28)(H,23,25,26). The predicted octanol–water partition coefficient (Wildman–Crippen LogP) is 2.88. The van der Waals surface area contributed by atoms with Crippen molar-refractivity contribution in [2.45, 2.75) is 0 Å². The molecule has 0 fully saturated rings. The Hall–Kier alpha value is -3.94. The van der Waals surface area contributed by atoms with Crippen molar-refractivity contribution in [2.24, 2.45) is 0 Å². The van der Waals surface area contributed by atoms with Gasteiger partial charge in [-0.1, -0.05) is 6.07 Å². The SMILES string of the molecule is CN(C)c1ccc(Nc2nc3c(c4ccc(C(=O)O)cc24)NC(=O)C3=O)cc1. The summed E-state index contributed by atoms with van der Waals surface area (Å²) in [5, 5.41) is 16.0. The van der Waals surface area contributed by atoms with Crippen molar-refractivity contribution in [1.82, 2.24) is 4.98 Å². The van der Waals surface area contributed by atoms with Gasteiger partial charge >= 0.3 is 5.97 Å². The number of nitrogens with one attached hydrogen (secondary N) is 2. The Morgan fingerprint density at radius 1 is 1.07 bits per heavy atom. The van der Waals surface area contributed by atoms with E-state index in [1.807, 2.05) is 43.3 Å². The lowest BCUT2D eigenvalue weighted by Gasteiger charge is -2.15. The van der Waals surface area contributed by atoms with Crippen LogP contribution in [0.3, 0.4) is 0 Å². The number of aromatic carboxylic acids is 1. The quantitative estimate of drug-likeness (QED) is 0.600. The highest BCUT2D eigenvalue weighted by Gasteiger charge is 2.32. The minimum atomic E-state index is -1.08. The van der Waals surface area contributed by atoms with Crippen LogP contribution in [-0.2, 0) is 4.79 Å². The Morgan fingerprint density at radius 2 is 1.79 bits per heavy atom. The number of nitrogens with zero attached hydrogens (tertiary/aromatic N) is 2. The van der Waals surface area contributed by atoms with Crippen LogP contribution in [0.1, 0.15) is 20.8 Å². The first-order valence-electron chi connectivity index (χ1n) is 8.46. The van der Waals surface area contributed by atoms with Gasteiger partial charge in [-0.25, -0.2) is 9.78 Å². The molecule has 3 aromatic rings. The highest BCUT2D eigenvalue weighted by atomic mass is 16.4. The van der Waals surface area contributed by atoms with Gasteiger partial charge in [-0.2, -0.15) is 0 Å². The number of Topliss-reactive ketones (excluding diaryl/α,β-unsaturated/α-hetero) is 1. The number of anilines is 4. The lowest BCUT2D eigenvalue weighted by molar-refractivity contribution is -0.112. The molecule has 2 heterocycles. The number of fused-ring (bicyclic) bond motifs is 3. The highest BCUT2D eigenvalue weighted by molar-refractivity contribution is 6.52. The van der Waals surface area contributed by atoms with Crippen LogP contribution in [0, 0.1) is 0 Å². The third-order valence-corrected chi connectivity index (χ3v) is 4.56. The lowest BCUT2D eigenvalue weighted by Crippen LogP contribution is -2.13. The summed E-state index contributed by atoms with van der Waals surface area (Å²) < 4.78 is 0. The first-order valence-corrected chi connectivity index (χ1v) is 8.46. The molecule has 0 spiro atoms. The van der Waals surface area contributed by atoms with E-state index in [0.717, 1.165) is 5.69 Å². The summed E-state index contributed by atoms with van der Waals surface area (Å²) in [5.41, 5.74) is 2.12. The normalized spacial score (nSPS) is 12.6. The molecule has 28 heavy (non-hydrogen) atoms. The average Bonchev–Trinajstić information content (AvgIpc) is 2.96. The van der Waals surface area contributed by atoms with E-state index in [-0.39, 0.29) is 11.3 Å². The summed E-state index contributed by atoms with van der Waals surface area (Å²) in [7, 11) is 3.86. The molecule has 0 aliphatic carbocycles. The number of benzene rings is 2. The zero-order valence-corrected chi connectivity index (χ0v) is 15.1. The van der Waals surface area contributed by atoms with Crippen LogP contribution in [0.5, 0.6) is 0 Å². The summed E-state index contributed by atoms with van der Waals surface area (Å²) in [6, 6.07) is 12.0. The Kier molecular flexibility index (Phi) is 3.96. The van der Waals surface area contributed by atoms with E-state index < -0.39 is 17.7 Å². The van der Waals surface area contributed by atoms with Crippen molar-refractivity contribution in [3.63, 3.8) is 0 Å². The largest absolute Gasteiger partial charge is 0.478 e. The smallest absolute Gasteiger partial charge is 0.335 e. The van der Waals surface area contributed by atoms with Gasteiger partial charge in [-0.15, -0.1) is 0 Å². The van der Waals surface area contributed by atoms with E-state index in [2.05, 4.69) is 15.6 Å². The molecule has 140 valence electrons. The molecule has 1 aliphatic heterocycles. The number of carboxylic acids is 1. The van der Waals surface area contributed by atoms with Crippen LogP contribution >= 0.6 is 0 Å². The van der Waals surface area contributed by atoms with Gasteiger partial charge < -0.3 is 20.6 Å². The maximum atomic E-state index is 12.1. The summed E-state index contributed by atoms with van der Waals surface area (Å²) in [5.74, 6) is -2.24. The molecule has 8 heteroatoms. The fourth-order valence-electron chi connectivity index (χ4n) is 3.09. The third-order valence-electron chi connectivity index (χ3n) is 4.56. The van der Waals surface area contributed by atoms with Crippen LogP contribution in [0.4, 0.5) is 22.9 Å². The topological polar surface area (TPSA) is 112 Å². The second-order valence-corrected chi connectivity index (χ2v) is 6.60. The van der Waals surface area contributed by atoms with Gasteiger partial charge in [0.2, 0.25) is 0 Å². The summed E-state index contributed by atoms with van der Waals surface area (Å²) in [6.07, 6.45) is 0.